The number of hydrogen-bond donors (Lipinski definition) is 1. The number of fused-ring (bicyclic) bond motifs is 1. The third-order valence-corrected chi connectivity index (χ3v) is 7.96. The third-order valence-electron chi connectivity index (χ3n) is 4.81. The van der Waals surface area contributed by atoms with Gasteiger partial charge in [-0.25, -0.2) is 21.6 Å². The van der Waals surface area contributed by atoms with E-state index in [-0.39, 0.29) is 22.2 Å². The average molecular weight is 444 g/mol. The van der Waals surface area contributed by atoms with Crippen LogP contribution in [-0.4, -0.2) is 76.7 Å². The fourth-order valence-electron chi connectivity index (χ4n) is 3.12. The molecule has 3 rings (SSSR count). The summed E-state index contributed by atoms with van der Waals surface area (Å²) < 4.78 is 54.5. The van der Waals surface area contributed by atoms with E-state index in [1.165, 1.54) is 24.9 Å². The van der Waals surface area contributed by atoms with Crippen molar-refractivity contribution >= 4 is 37.6 Å². The van der Waals surface area contributed by atoms with E-state index in [4.69, 9.17) is 4.74 Å². The Labute approximate surface area is 168 Å². The number of amides is 1. The fourth-order valence-corrected chi connectivity index (χ4v) is 6.13. The summed E-state index contributed by atoms with van der Waals surface area (Å²) in [7, 11) is -5.40. The van der Waals surface area contributed by atoms with Crippen LogP contribution in [0.2, 0.25) is 0 Å². The Balaban J connectivity index is 1.60. The van der Waals surface area contributed by atoms with Crippen molar-refractivity contribution in [1.29, 1.82) is 0 Å². The summed E-state index contributed by atoms with van der Waals surface area (Å²) in [4.78, 5) is 29.8. The van der Waals surface area contributed by atoms with E-state index >= 15 is 0 Å². The predicted molar refractivity (Wildman–Crippen MR) is 104 cm³/mol. The lowest BCUT2D eigenvalue weighted by Gasteiger charge is -2.23. The van der Waals surface area contributed by atoms with Crippen molar-refractivity contribution in [3.8, 4) is 0 Å². The van der Waals surface area contributed by atoms with Gasteiger partial charge in [-0.15, -0.1) is 0 Å². The Hall–Kier alpha value is -2.47. The molecule has 0 spiro atoms. The molecule has 2 heterocycles. The molecule has 2 atom stereocenters. The lowest BCUT2D eigenvalue weighted by atomic mass is 10.2. The Kier molecular flexibility index (Phi) is 5.68. The molecule has 1 amide bonds. The van der Waals surface area contributed by atoms with Crippen LogP contribution in [0.15, 0.2) is 34.2 Å². The molecule has 0 aliphatic carbocycles. The van der Waals surface area contributed by atoms with E-state index < -0.39 is 50.4 Å². The number of nitrogens with one attached hydrogen (secondary N) is 1. The van der Waals surface area contributed by atoms with Gasteiger partial charge in [0.15, 0.2) is 16.4 Å². The molecular weight excluding hydrogens is 422 g/mol. The highest BCUT2D eigenvalue weighted by atomic mass is 32.2. The molecule has 0 saturated carbocycles. The largest absolute Gasteiger partial charge is 0.454 e. The van der Waals surface area contributed by atoms with E-state index in [2.05, 4.69) is 9.71 Å². The van der Waals surface area contributed by atoms with E-state index in [0.29, 0.717) is 12.0 Å². The van der Waals surface area contributed by atoms with Gasteiger partial charge in [0.2, 0.25) is 0 Å². The van der Waals surface area contributed by atoms with E-state index in [9.17, 15) is 26.4 Å². The van der Waals surface area contributed by atoms with Crippen molar-refractivity contribution in [2.75, 3.05) is 25.2 Å². The maximum Gasteiger partial charge on any atom is 0.331 e. The molecule has 10 nitrogen and oxygen atoms in total. The number of benzene rings is 1. The number of sulfone groups is 1. The van der Waals surface area contributed by atoms with Crippen molar-refractivity contribution < 1.29 is 31.2 Å². The van der Waals surface area contributed by atoms with Crippen LogP contribution in [-0.2, 0) is 34.2 Å². The van der Waals surface area contributed by atoms with Gasteiger partial charge in [0.05, 0.1) is 16.4 Å². The van der Waals surface area contributed by atoms with Crippen LogP contribution in [0.25, 0.3) is 0 Å². The topological polar surface area (TPSA) is 139 Å². The molecule has 29 heavy (non-hydrogen) atoms. The molecule has 1 aromatic rings. The van der Waals surface area contributed by atoms with Gasteiger partial charge in [0, 0.05) is 18.7 Å². The first-order valence-corrected chi connectivity index (χ1v) is 12.1. The molecule has 2 aliphatic heterocycles. The van der Waals surface area contributed by atoms with Crippen molar-refractivity contribution in [3.63, 3.8) is 0 Å². The molecule has 1 N–H and O–H groups in total. The number of nitrogens with zero attached hydrogens (tertiary/aromatic N) is 2. The number of carbonyl (C=O) groups is 2. The second kappa shape index (κ2) is 7.75. The summed E-state index contributed by atoms with van der Waals surface area (Å²) in [6, 6.07) is 4.74. The molecule has 1 saturated heterocycles. The number of ether oxygens (including phenoxy) is 1. The number of sulfonamides is 1. The summed E-state index contributed by atoms with van der Waals surface area (Å²) in [5.74, 6) is -1.37. The minimum Gasteiger partial charge on any atom is -0.454 e. The number of likely N-dealkylation sites (N-methyl/N-ethyl adjacent to an activating group) is 1. The lowest BCUT2D eigenvalue weighted by molar-refractivity contribution is -0.152. The lowest BCUT2D eigenvalue weighted by Crippen LogP contribution is -2.40. The predicted octanol–water partition coefficient (Wildman–Crippen LogP) is -0.698. The molecule has 2 aliphatic rings. The second-order valence-electron chi connectivity index (χ2n) is 6.92. The summed E-state index contributed by atoms with van der Waals surface area (Å²) in [6.07, 6.45) is 0.349. The minimum absolute atomic E-state index is 0.0288. The molecule has 0 radical (unpaired) electrons. The molecular formula is C17H21N3O7S2. The first kappa shape index (κ1) is 21.2. The maximum atomic E-state index is 12.2. The zero-order valence-corrected chi connectivity index (χ0v) is 17.5. The zero-order valence-electron chi connectivity index (χ0n) is 15.9. The fraction of sp³-hybridized carbons (Fsp3) is 0.471. The molecule has 12 heteroatoms. The quantitative estimate of drug-likeness (QED) is 0.594. The number of amidine groups is 1. The first-order chi connectivity index (χ1) is 13.5. The number of hydrogen-bond acceptors (Lipinski definition) is 8. The van der Waals surface area contributed by atoms with Gasteiger partial charge in [-0.2, -0.15) is 0 Å². The van der Waals surface area contributed by atoms with Gasteiger partial charge in [-0.05, 0) is 25.5 Å². The van der Waals surface area contributed by atoms with Crippen LogP contribution >= 0.6 is 0 Å². The van der Waals surface area contributed by atoms with E-state index in [1.54, 1.807) is 18.2 Å². The summed E-state index contributed by atoms with van der Waals surface area (Å²) in [5.41, 5.74) is 0.352. The van der Waals surface area contributed by atoms with Crippen LogP contribution in [0.5, 0.6) is 0 Å². The minimum atomic E-state index is -3.72. The Morgan fingerprint density at radius 2 is 1.97 bits per heavy atom. The van der Waals surface area contributed by atoms with Gasteiger partial charge in [0.25, 0.3) is 15.9 Å². The summed E-state index contributed by atoms with van der Waals surface area (Å²) in [6.45, 7) is 0.867. The highest BCUT2D eigenvalue weighted by molar-refractivity contribution is 7.91. The van der Waals surface area contributed by atoms with Gasteiger partial charge in [-0.1, -0.05) is 12.1 Å². The van der Waals surface area contributed by atoms with Crippen LogP contribution < -0.4 is 4.72 Å². The first-order valence-electron chi connectivity index (χ1n) is 8.83. The maximum absolute atomic E-state index is 12.2. The SMILES string of the molecule is CC(N=C1NS(=O)(=O)c2ccccc21)C(=O)OCC(=O)N(C)C1CCS(=O)(=O)C1. The van der Waals surface area contributed by atoms with E-state index in [1.807, 2.05) is 0 Å². The molecule has 158 valence electrons. The molecule has 0 aromatic heterocycles. The van der Waals surface area contributed by atoms with Crippen molar-refractivity contribution in [3.05, 3.63) is 29.8 Å². The highest BCUT2D eigenvalue weighted by Gasteiger charge is 2.34. The summed E-state index contributed by atoms with van der Waals surface area (Å²) in [5, 5.41) is 0. The summed E-state index contributed by atoms with van der Waals surface area (Å²) >= 11 is 0. The Bertz CT molecular complexity index is 1080. The Morgan fingerprint density at radius 1 is 1.28 bits per heavy atom. The van der Waals surface area contributed by atoms with Crippen LogP contribution in [0.4, 0.5) is 0 Å². The molecule has 1 fully saturated rings. The number of esters is 1. The molecule has 1 aromatic carbocycles. The van der Waals surface area contributed by atoms with Crippen molar-refractivity contribution in [2.24, 2.45) is 4.99 Å². The van der Waals surface area contributed by atoms with Crippen LogP contribution in [0.3, 0.4) is 0 Å². The van der Waals surface area contributed by atoms with Gasteiger partial charge >= 0.3 is 5.97 Å². The molecule has 0 bridgehead atoms. The smallest absolute Gasteiger partial charge is 0.331 e. The van der Waals surface area contributed by atoms with Gasteiger partial charge in [-0.3, -0.25) is 14.5 Å². The van der Waals surface area contributed by atoms with E-state index in [0.717, 1.165) is 0 Å². The highest BCUT2D eigenvalue weighted by Crippen LogP contribution is 2.22. The number of aliphatic imine (C=N–C) groups is 1. The van der Waals surface area contributed by atoms with Crippen molar-refractivity contribution in [1.82, 2.24) is 9.62 Å². The third kappa shape index (κ3) is 4.58. The van der Waals surface area contributed by atoms with Crippen LogP contribution in [0, 0.1) is 0 Å². The van der Waals surface area contributed by atoms with Gasteiger partial charge in [0.1, 0.15) is 11.9 Å². The van der Waals surface area contributed by atoms with Crippen molar-refractivity contribution in [2.45, 2.75) is 30.3 Å². The second-order valence-corrected chi connectivity index (χ2v) is 10.8. The standard InChI is InChI=1S/C17H21N3O7S2/c1-11(18-16-13-5-3-4-6-14(13)29(25,26)19-16)17(22)27-9-15(21)20(2)12-7-8-28(23,24)10-12/h3-6,11-12H,7-10H2,1-2H3,(H,18,19). The molecule has 2 unspecified atom stereocenters. The number of rotatable bonds is 5. The monoisotopic (exact) mass is 443 g/mol. The van der Waals surface area contributed by atoms with Gasteiger partial charge < -0.3 is 9.64 Å². The average Bonchev–Trinajstić information content (AvgIpc) is 3.15. The zero-order chi connectivity index (χ0) is 21.4. The van der Waals surface area contributed by atoms with Crippen LogP contribution in [0.1, 0.15) is 18.9 Å². The normalized spacial score (nSPS) is 23.8. The number of carbonyl (C=O) groups excluding carboxylic acids is 2. The Morgan fingerprint density at radius 3 is 2.62 bits per heavy atom.